The molecule has 0 radical (unpaired) electrons. The number of nitrogens with one attached hydrogen (secondary N) is 1. The van der Waals surface area contributed by atoms with Crippen molar-refractivity contribution in [1.82, 2.24) is 10.2 Å². The standard InChI is InChI=1S/C13H16F2N2O/c1-16-8-10-3-2-6-17(10)13(18)11-5-4-9(14)7-12(11)15/h4-5,7,10,16H,2-3,6,8H2,1H3/t10-/m0/s1. The quantitative estimate of drug-likeness (QED) is 0.892. The molecule has 5 heteroatoms. The van der Waals surface area contributed by atoms with Crippen LogP contribution < -0.4 is 5.32 Å². The Morgan fingerprint density at radius 3 is 2.94 bits per heavy atom. The summed E-state index contributed by atoms with van der Waals surface area (Å²) in [6.45, 7) is 1.32. The maximum Gasteiger partial charge on any atom is 0.257 e. The van der Waals surface area contributed by atoms with Crippen LogP contribution in [0.3, 0.4) is 0 Å². The summed E-state index contributed by atoms with van der Waals surface area (Å²) in [5.41, 5.74) is -0.0561. The van der Waals surface area contributed by atoms with Crippen LogP contribution in [0.15, 0.2) is 18.2 Å². The van der Waals surface area contributed by atoms with Gasteiger partial charge in [-0.25, -0.2) is 8.78 Å². The summed E-state index contributed by atoms with van der Waals surface area (Å²) in [7, 11) is 1.82. The summed E-state index contributed by atoms with van der Waals surface area (Å²) in [5, 5.41) is 3.02. The van der Waals surface area contributed by atoms with Gasteiger partial charge in [0, 0.05) is 25.2 Å². The zero-order valence-electron chi connectivity index (χ0n) is 10.2. The Labute approximate surface area is 105 Å². The van der Waals surface area contributed by atoms with Gasteiger partial charge in [0.25, 0.3) is 5.91 Å². The molecule has 1 heterocycles. The van der Waals surface area contributed by atoms with Gasteiger partial charge in [-0.2, -0.15) is 0 Å². The van der Waals surface area contributed by atoms with Crippen LogP contribution >= 0.6 is 0 Å². The second-order valence-corrected chi connectivity index (χ2v) is 4.48. The fourth-order valence-corrected chi connectivity index (χ4v) is 2.37. The number of likely N-dealkylation sites (N-methyl/N-ethyl adjacent to an activating group) is 1. The summed E-state index contributed by atoms with van der Waals surface area (Å²) < 4.78 is 26.4. The highest BCUT2D eigenvalue weighted by molar-refractivity contribution is 5.94. The minimum absolute atomic E-state index is 0.0561. The van der Waals surface area contributed by atoms with Crippen molar-refractivity contribution < 1.29 is 13.6 Å². The number of hydrogen-bond donors (Lipinski definition) is 1. The van der Waals surface area contributed by atoms with E-state index in [1.807, 2.05) is 7.05 Å². The molecular formula is C13H16F2N2O. The molecule has 0 saturated carbocycles. The van der Waals surface area contributed by atoms with Crippen LogP contribution in [0, 0.1) is 11.6 Å². The number of rotatable bonds is 3. The Bertz CT molecular complexity index is 451. The molecule has 2 rings (SSSR count). The van der Waals surface area contributed by atoms with Crippen molar-refractivity contribution in [2.24, 2.45) is 0 Å². The molecule has 1 saturated heterocycles. The number of carbonyl (C=O) groups is 1. The highest BCUT2D eigenvalue weighted by Crippen LogP contribution is 2.21. The molecule has 18 heavy (non-hydrogen) atoms. The molecule has 1 aromatic carbocycles. The van der Waals surface area contributed by atoms with Gasteiger partial charge in [-0.1, -0.05) is 0 Å². The zero-order valence-corrected chi connectivity index (χ0v) is 10.2. The first-order valence-electron chi connectivity index (χ1n) is 6.04. The first-order valence-corrected chi connectivity index (χ1v) is 6.04. The van der Waals surface area contributed by atoms with E-state index in [-0.39, 0.29) is 17.5 Å². The number of likely N-dealkylation sites (tertiary alicyclic amines) is 1. The Hall–Kier alpha value is -1.49. The van der Waals surface area contributed by atoms with Gasteiger partial charge in [0.05, 0.1) is 5.56 Å². The van der Waals surface area contributed by atoms with E-state index in [4.69, 9.17) is 0 Å². The minimum Gasteiger partial charge on any atom is -0.334 e. The minimum atomic E-state index is -0.796. The molecule has 0 bridgehead atoms. The normalized spacial score (nSPS) is 19.3. The third-order valence-corrected chi connectivity index (χ3v) is 3.24. The molecule has 1 atom stereocenters. The summed E-state index contributed by atoms with van der Waals surface area (Å²) in [6, 6.07) is 3.16. The second kappa shape index (κ2) is 5.44. The number of hydrogen-bond acceptors (Lipinski definition) is 2. The van der Waals surface area contributed by atoms with Crippen molar-refractivity contribution in [1.29, 1.82) is 0 Å². The lowest BCUT2D eigenvalue weighted by molar-refractivity contribution is 0.0732. The summed E-state index contributed by atoms with van der Waals surface area (Å²) in [5.74, 6) is -1.82. The molecule has 1 aromatic rings. The molecule has 1 amide bonds. The fraction of sp³-hybridized carbons (Fsp3) is 0.462. The molecule has 0 aromatic heterocycles. The van der Waals surface area contributed by atoms with Gasteiger partial charge < -0.3 is 10.2 Å². The molecule has 1 aliphatic heterocycles. The average molecular weight is 254 g/mol. The van der Waals surface area contributed by atoms with Crippen LogP contribution in [0.25, 0.3) is 0 Å². The molecule has 98 valence electrons. The van der Waals surface area contributed by atoms with Crippen LogP contribution in [0.4, 0.5) is 8.78 Å². The van der Waals surface area contributed by atoms with Gasteiger partial charge in [-0.15, -0.1) is 0 Å². The summed E-state index contributed by atoms with van der Waals surface area (Å²) in [4.78, 5) is 13.9. The first-order chi connectivity index (χ1) is 8.63. The van der Waals surface area contributed by atoms with Gasteiger partial charge in [-0.3, -0.25) is 4.79 Å². The van der Waals surface area contributed by atoms with E-state index in [9.17, 15) is 13.6 Å². The van der Waals surface area contributed by atoms with Crippen LogP contribution in [0.5, 0.6) is 0 Å². The van der Waals surface area contributed by atoms with Crippen molar-refractivity contribution in [3.63, 3.8) is 0 Å². The molecule has 1 fully saturated rings. The van der Waals surface area contributed by atoms with E-state index in [2.05, 4.69) is 5.32 Å². The maximum atomic E-state index is 13.6. The molecule has 0 aliphatic carbocycles. The van der Waals surface area contributed by atoms with E-state index in [1.165, 1.54) is 6.07 Å². The monoisotopic (exact) mass is 254 g/mol. The maximum absolute atomic E-state index is 13.6. The number of nitrogens with zero attached hydrogens (tertiary/aromatic N) is 1. The zero-order chi connectivity index (χ0) is 13.1. The third-order valence-electron chi connectivity index (χ3n) is 3.24. The van der Waals surface area contributed by atoms with Crippen LogP contribution in [-0.4, -0.2) is 37.0 Å². The van der Waals surface area contributed by atoms with Crippen LogP contribution in [-0.2, 0) is 0 Å². The lowest BCUT2D eigenvalue weighted by Gasteiger charge is -2.24. The summed E-state index contributed by atoms with van der Waals surface area (Å²) in [6.07, 6.45) is 1.83. The Balaban J connectivity index is 2.20. The van der Waals surface area contributed by atoms with E-state index < -0.39 is 11.6 Å². The fourth-order valence-electron chi connectivity index (χ4n) is 2.37. The SMILES string of the molecule is CNC[C@@H]1CCCN1C(=O)c1ccc(F)cc1F. The largest absolute Gasteiger partial charge is 0.334 e. The van der Waals surface area contributed by atoms with Crippen molar-refractivity contribution in [2.75, 3.05) is 20.1 Å². The molecule has 1 aliphatic rings. The highest BCUT2D eigenvalue weighted by atomic mass is 19.1. The van der Waals surface area contributed by atoms with Crippen LogP contribution in [0.2, 0.25) is 0 Å². The third kappa shape index (κ3) is 2.51. The number of carbonyl (C=O) groups excluding carboxylic acids is 1. The van der Waals surface area contributed by atoms with Crippen molar-refractivity contribution in [3.05, 3.63) is 35.4 Å². The predicted octanol–water partition coefficient (Wildman–Crippen LogP) is 1.79. The van der Waals surface area contributed by atoms with Crippen molar-refractivity contribution in [2.45, 2.75) is 18.9 Å². The second-order valence-electron chi connectivity index (χ2n) is 4.48. The number of benzene rings is 1. The van der Waals surface area contributed by atoms with Gasteiger partial charge in [-0.05, 0) is 32.0 Å². The lowest BCUT2D eigenvalue weighted by atomic mass is 10.1. The Morgan fingerprint density at radius 1 is 1.50 bits per heavy atom. The Morgan fingerprint density at radius 2 is 2.28 bits per heavy atom. The lowest BCUT2D eigenvalue weighted by Crippen LogP contribution is -2.41. The van der Waals surface area contributed by atoms with E-state index in [1.54, 1.807) is 4.90 Å². The van der Waals surface area contributed by atoms with Gasteiger partial charge in [0.1, 0.15) is 11.6 Å². The molecule has 1 N–H and O–H groups in total. The smallest absolute Gasteiger partial charge is 0.257 e. The topological polar surface area (TPSA) is 32.3 Å². The van der Waals surface area contributed by atoms with Gasteiger partial charge in [0.2, 0.25) is 0 Å². The first kappa shape index (κ1) is 13.0. The molecule has 3 nitrogen and oxygen atoms in total. The van der Waals surface area contributed by atoms with Gasteiger partial charge in [0.15, 0.2) is 0 Å². The van der Waals surface area contributed by atoms with E-state index in [0.29, 0.717) is 13.1 Å². The predicted molar refractivity (Wildman–Crippen MR) is 64.3 cm³/mol. The number of halogens is 2. The molecular weight excluding hydrogens is 238 g/mol. The summed E-state index contributed by atoms with van der Waals surface area (Å²) >= 11 is 0. The van der Waals surface area contributed by atoms with Crippen molar-refractivity contribution >= 4 is 5.91 Å². The number of amides is 1. The molecule has 0 spiro atoms. The Kier molecular flexibility index (Phi) is 3.91. The van der Waals surface area contributed by atoms with E-state index in [0.717, 1.165) is 25.0 Å². The van der Waals surface area contributed by atoms with Gasteiger partial charge >= 0.3 is 0 Å². The van der Waals surface area contributed by atoms with E-state index >= 15 is 0 Å². The van der Waals surface area contributed by atoms with Crippen molar-refractivity contribution in [3.8, 4) is 0 Å². The average Bonchev–Trinajstić information content (AvgIpc) is 2.77. The van der Waals surface area contributed by atoms with Crippen LogP contribution in [0.1, 0.15) is 23.2 Å². The molecule has 0 unspecified atom stereocenters. The highest BCUT2D eigenvalue weighted by Gasteiger charge is 2.30.